The van der Waals surface area contributed by atoms with E-state index in [1.54, 1.807) is 12.2 Å². The Bertz CT molecular complexity index is 766. The second-order valence-electron chi connectivity index (χ2n) is 6.63. The Morgan fingerprint density at radius 3 is 2.65 bits per heavy atom. The van der Waals surface area contributed by atoms with E-state index in [0.29, 0.717) is 10.9 Å². The van der Waals surface area contributed by atoms with Crippen molar-refractivity contribution in [2.75, 3.05) is 0 Å². The van der Waals surface area contributed by atoms with Crippen molar-refractivity contribution in [3.05, 3.63) is 64.8 Å². The van der Waals surface area contributed by atoms with Crippen LogP contribution < -0.4 is 10.1 Å². The summed E-state index contributed by atoms with van der Waals surface area (Å²) in [6.07, 6.45) is 8.90. The number of pyridine rings is 1. The zero-order valence-electron chi connectivity index (χ0n) is 14.8. The van der Waals surface area contributed by atoms with Crippen LogP contribution in [0.25, 0.3) is 6.08 Å². The maximum Gasteiger partial charge on any atom is 0.244 e. The molecule has 1 aromatic heterocycles. The van der Waals surface area contributed by atoms with Crippen LogP contribution >= 0.6 is 11.6 Å². The van der Waals surface area contributed by atoms with Gasteiger partial charge in [0, 0.05) is 29.4 Å². The molecule has 1 aliphatic carbocycles. The molecule has 1 aromatic carbocycles. The predicted octanol–water partition coefficient (Wildman–Crippen LogP) is 4.56. The molecule has 0 radical (unpaired) electrons. The number of amides is 1. The van der Waals surface area contributed by atoms with Crippen molar-refractivity contribution in [1.82, 2.24) is 10.3 Å². The first-order valence-corrected chi connectivity index (χ1v) is 9.30. The van der Waals surface area contributed by atoms with Crippen LogP contribution in [0.15, 0.2) is 48.7 Å². The monoisotopic (exact) mass is 370 g/mol. The molecule has 0 aliphatic heterocycles. The third kappa shape index (κ3) is 5.33. The van der Waals surface area contributed by atoms with Crippen LogP contribution in [-0.4, -0.2) is 23.0 Å². The predicted molar refractivity (Wildman–Crippen MR) is 104 cm³/mol. The van der Waals surface area contributed by atoms with Gasteiger partial charge in [-0.25, -0.2) is 4.98 Å². The number of aryl methyl sites for hydroxylation is 1. The van der Waals surface area contributed by atoms with Gasteiger partial charge >= 0.3 is 0 Å². The van der Waals surface area contributed by atoms with Crippen molar-refractivity contribution >= 4 is 23.6 Å². The number of nitrogens with one attached hydrogen (secondary N) is 1. The van der Waals surface area contributed by atoms with Gasteiger partial charge in [0.15, 0.2) is 0 Å². The first kappa shape index (κ1) is 18.5. The normalized spacial score (nSPS) is 20.1. The minimum atomic E-state index is -0.0884. The molecule has 1 aliphatic rings. The fourth-order valence-electron chi connectivity index (χ4n) is 3.04. The highest BCUT2D eigenvalue weighted by Crippen LogP contribution is 2.23. The van der Waals surface area contributed by atoms with Gasteiger partial charge < -0.3 is 10.1 Å². The Labute approximate surface area is 159 Å². The van der Waals surface area contributed by atoms with Crippen LogP contribution in [-0.2, 0) is 4.79 Å². The lowest BCUT2D eigenvalue weighted by Crippen LogP contribution is -2.39. The molecule has 26 heavy (non-hydrogen) atoms. The largest absolute Gasteiger partial charge is 0.474 e. The van der Waals surface area contributed by atoms with E-state index in [4.69, 9.17) is 16.3 Å². The Kier molecular flexibility index (Phi) is 6.29. The van der Waals surface area contributed by atoms with E-state index in [2.05, 4.69) is 10.3 Å². The molecule has 5 heteroatoms. The van der Waals surface area contributed by atoms with Gasteiger partial charge in [-0.3, -0.25) is 4.79 Å². The second-order valence-corrected chi connectivity index (χ2v) is 7.04. The Hall–Kier alpha value is -2.33. The van der Waals surface area contributed by atoms with Gasteiger partial charge in [-0.15, -0.1) is 0 Å². The average Bonchev–Trinajstić information content (AvgIpc) is 2.64. The fraction of sp³-hybridized carbons (Fsp3) is 0.333. The molecule has 4 nitrogen and oxygen atoms in total. The first-order valence-electron chi connectivity index (χ1n) is 8.92. The summed E-state index contributed by atoms with van der Waals surface area (Å²) in [5, 5.41) is 3.70. The SMILES string of the molecule is Cc1ccc(OC2CCC(NC(=O)/C=C/c3ccccc3Cl)CC2)nc1. The lowest BCUT2D eigenvalue weighted by Gasteiger charge is -2.28. The zero-order chi connectivity index (χ0) is 18.4. The van der Waals surface area contributed by atoms with Crippen molar-refractivity contribution in [3.63, 3.8) is 0 Å². The van der Waals surface area contributed by atoms with Crippen molar-refractivity contribution in [2.45, 2.75) is 44.8 Å². The highest BCUT2D eigenvalue weighted by atomic mass is 35.5. The zero-order valence-corrected chi connectivity index (χ0v) is 15.6. The average molecular weight is 371 g/mol. The van der Waals surface area contributed by atoms with Gasteiger partial charge in [0.2, 0.25) is 11.8 Å². The van der Waals surface area contributed by atoms with Crippen LogP contribution in [0, 0.1) is 6.92 Å². The molecule has 1 amide bonds. The van der Waals surface area contributed by atoms with Crippen LogP contribution in [0.5, 0.6) is 5.88 Å². The van der Waals surface area contributed by atoms with E-state index in [9.17, 15) is 4.79 Å². The van der Waals surface area contributed by atoms with E-state index in [-0.39, 0.29) is 18.1 Å². The molecule has 1 fully saturated rings. The standard InChI is InChI=1S/C21H23ClN2O2/c1-15-6-13-21(23-14-15)26-18-10-8-17(9-11-18)24-20(25)12-7-16-4-2-3-5-19(16)22/h2-7,12-14,17-18H,8-11H2,1H3,(H,24,25)/b12-7+. The Morgan fingerprint density at radius 2 is 1.96 bits per heavy atom. The molecule has 2 aromatic rings. The first-order chi connectivity index (χ1) is 12.6. The van der Waals surface area contributed by atoms with Crippen molar-refractivity contribution in [2.24, 2.45) is 0 Å². The molecular weight excluding hydrogens is 348 g/mol. The summed E-state index contributed by atoms with van der Waals surface area (Å²) < 4.78 is 5.93. The molecule has 0 bridgehead atoms. The van der Waals surface area contributed by atoms with Gasteiger partial charge in [-0.1, -0.05) is 35.9 Å². The molecule has 0 saturated heterocycles. The van der Waals surface area contributed by atoms with Gasteiger partial charge in [-0.05, 0) is 55.9 Å². The summed E-state index contributed by atoms with van der Waals surface area (Å²) in [5.74, 6) is 0.584. The number of ether oxygens (including phenoxy) is 1. The lowest BCUT2D eigenvalue weighted by atomic mass is 9.93. The molecule has 0 atom stereocenters. The number of rotatable bonds is 5. The van der Waals surface area contributed by atoms with Crippen molar-refractivity contribution in [3.8, 4) is 5.88 Å². The molecule has 0 spiro atoms. The fourth-order valence-corrected chi connectivity index (χ4v) is 3.24. The van der Waals surface area contributed by atoms with E-state index in [1.165, 1.54) is 0 Å². The second kappa shape index (κ2) is 8.86. The number of aromatic nitrogens is 1. The van der Waals surface area contributed by atoms with Crippen molar-refractivity contribution < 1.29 is 9.53 Å². The lowest BCUT2D eigenvalue weighted by molar-refractivity contribution is -0.117. The Morgan fingerprint density at radius 1 is 1.19 bits per heavy atom. The number of carbonyl (C=O) groups is 1. The molecule has 1 heterocycles. The maximum atomic E-state index is 12.1. The smallest absolute Gasteiger partial charge is 0.244 e. The van der Waals surface area contributed by atoms with Crippen LogP contribution in [0.3, 0.4) is 0 Å². The number of hydrogen-bond acceptors (Lipinski definition) is 3. The number of halogens is 1. The topological polar surface area (TPSA) is 51.2 Å². The van der Waals surface area contributed by atoms with Crippen LogP contribution in [0.4, 0.5) is 0 Å². The highest BCUT2D eigenvalue weighted by molar-refractivity contribution is 6.32. The van der Waals surface area contributed by atoms with E-state index >= 15 is 0 Å². The minimum absolute atomic E-state index is 0.0884. The van der Waals surface area contributed by atoms with Gasteiger partial charge in [0.1, 0.15) is 6.10 Å². The summed E-state index contributed by atoms with van der Waals surface area (Å²) in [6.45, 7) is 2.00. The summed E-state index contributed by atoms with van der Waals surface area (Å²) in [7, 11) is 0. The number of nitrogens with zero attached hydrogens (tertiary/aromatic N) is 1. The van der Waals surface area contributed by atoms with Gasteiger partial charge in [0.05, 0.1) is 0 Å². The molecule has 0 unspecified atom stereocenters. The summed E-state index contributed by atoms with van der Waals surface area (Å²) in [6, 6.07) is 11.5. The highest BCUT2D eigenvalue weighted by Gasteiger charge is 2.23. The molecule has 1 N–H and O–H groups in total. The quantitative estimate of drug-likeness (QED) is 0.785. The Balaban J connectivity index is 1.44. The maximum absolute atomic E-state index is 12.1. The third-order valence-electron chi connectivity index (χ3n) is 4.51. The van der Waals surface area contributed by atoms with E-state index in [0.717, 1.165) is 36.8 Å². The molecular formula is C21H23ClN2O2. The van der Waals surface area contributed by atoms with E-state index in [1.807, 2.05) is 49.5 Å². The molecule has 136 valence electrons. The number of carbonyl (C=O) groups excluding carboxylic acids is 1. The third-order valence-corrected chi connectivity index (χ3v) is 4.86. The summed E-state index contributed by atoms with van der Waals surface area (Å²) >= 11 is 6.09. The minimum Gasteiger partial charge on any atom is -0.474 e. The molecule has 1 saturated carbocycles. The van der Waals surface area contributed by atoms with Crippen molar-refractivity contribution in [1.29, 1.82) is 0 Å². The van der Waals surface area contributed by atoms with Crippen LogP contribution in [0.2, 0.25) is 5.02 Å². The molecule has 3 rings (SSSR count). The van der Waals surface area contributed by atoms with Gasteiger partial charge in [0.25, 0.3) is 0 Å². The summed E-state index contributed by atoms with van der Waals surface area (Å²) in [4.78, 5) is 16.4. The van der Waals surface area contributed by atoms with E-state index < -0.39 is 0 Å². The summed E-state index contributed by atoms with van der Waals surface area (Å²) in [5.41, 5.74) is 1.96. The van der Waals surface area contributed by atoms with Crippen LogP contribution in [0.1, 0.15) is 36.8 Å². The number of hydrogen-bond donors (Lipinski definition) is 1. The number of benzene rings is 1. The van der Waals surface area contributed by atoms with Gasteiger partial charge in [-0.2, -0.15) is 0 Å².